The highest BCUT2D eigenvalue weighted by Gasteiger charge is 2.28. The van der Waals surface area contributed by atoms with Crippen LogP contribution < -0.4 is 0 Å². The van der Waals surface area contributed by atoms with Crippen molar-refractivity contribution in [2.75, 3.05) is 0 Å². The predicted octanol–water partition coefficient (Wildman–Crippen LogP) is 6.64. The first-order chi connectivity index (χ1) is 11.2. The molecule has 0 atom stereocenters. The maximum absolute atomic E-state index is 13.9. The molecule has 2 fully saturated rings. The number of hydrogen-bond acceptors (Lipinski definition) is 0. The van der Waals surface area contributed by atoms with Crippen LogP contribution in [0.5, 0.6) is 0 Å². The maximum atomic E-state index is 13.9. The Bertz CT molecular complexity index is 518. The van der Waals surface area contributed by atoms with E-state index in [1.165, 1.54) is 57.8 Å². The molecule has 0 aliphatic heterocycles. The fraction of sp³-hybridized carbons (Fsp3) is 0.714. The van der Waals surface area contributed by atoms with E-state index < -0.39 is 11.7 Å². The van der Waals surface area contributed by atoms with E-state index in [1.54, 1.807) is 6.08 Å². The third kappa shape index (κ3) is 4.46. The molecule has 3 aliphatic carbocycles. The van der Waals surface area contributed by atoms with Crippen molar-refractivity contribution in [2.45, 2.75) is 77.0 Å². The standard InChI is InChI=1S/C21H28F2/c22-20-9-5-4-8-19(21(20)23)15-12-16-10-13-18(14-11-16)17-6-2-1-3-7-17/h8,16-18H,1-3,6-7,9-15H2. The van der Waals surface area contributed by atoms with Crippen molar-refractivity contribution < 1.29 is 8.78 Å². The number of hydrogen-bond donors (Lipinski definition) is 0. The summed E-state index contributed by atoms with van der Waals surface area (Å²) in [5.41, 5.74) is 0.474. The van der Waals surface area contributed by atoms with E-state index in [2.05, 4.69) is 11.8 Å². The van der Waals surface area contributed by atoms with Crippen molar-refractivity contribution in [1.29, 1.82) is 0 Å². The molecular weight excluding hydrogens is 290 g/mol. The molecule has 0 saturated heterocycles. The van der Waals surface area contributed by atoms with Crippen molar-refractivity contribution in [3.8, 4) is 11.8 Å². The SMILES string of the molecule is FC1=C(F)C(CCC2CCC(C3CCCCC3)CC2)=CC#CC1. The fourth-order valence-electron chi connectivity index (χ4n) is 4.68. The highest BCUT2D eigenvalue weighted by atomic mass is 19.2. The maximum Gasteiger partial charge on any atom is 0.159 e. The lowest BCUT2D eigenvalue weighted by atomic mass is 9.70. The summed E-state index contributed by atoms with van der Waals surface area (Å²) in [5.74, 6) is 6.63. The van der Waals surface area contributed by atoms with Crippen molar-refractivity contribution in [1.82, 2.24) is 0 Å². The van der Waals surface area contributed by atoms with Crippen LogP contribution in [-0.4, -0.2) is 0 Å². The van der Waals surface area contributed by atoms with Crippen LogP contribution in [0.3, 0.4) is 0 Å². The molecule has 0 nitrogen and oxygen atoms in total. The number of allylic oxidation sites excluding steroid dienone is 4. The molecule has 0 aromatic rings. The van der Waals surface area contributed by atoms with E-state index in [9.17, 15) is 8.78 Å². The predicted molar refractivity (Wildman–Crippen MR) is 91.0 cm³/mol. The second kappa shape index (κ2) is 8.13. The van der Waals surface area contributed by atoms with Crippen LogP contribution in [0, 0.1) is 29.6 Å². The summed E-state index contributed by atoms with van der Waals surface area (Å²) < 4.78 is 27.4. The smallest absolute Gasteiger partial charge is 0.159 e. The van der Waals surface area contributed by atoms with E-state index in [-0.39, 0.29) is 6.42 Å². The molecule has 3 rings (SSSR count). The van der Waals surface area contributed by atoms with E-state index >= 15 is 0 Å². The monoisotopic (exact) mass is 318 g/mol. The van der Waals surface area contributed by atoms with E-state index in [4.69, 9.17) is 0 Å². The molecule has 126 valence electrons. The average Bonchev–Trinajstić information content (AvgIpc) is 2.76. The molecule has 0 N–H and O–H groups in total. The molecule has 0 spiro atoms. The van der Waals surface area contributed by atoms with Crippen LogP contribution >= 0.6 is 0 Å². The molecule has 23 heavy (non-hydrogen) atoms. The van der Waals surface area contributed by atoms with Gasteiger partial charge in [-0.1, -0.05) is 56.8 Å². The minimum absolute atomic E-state index is 0.0850. The molecule has 0 aromatic carbocycles. The Morgan fingerprint density at radius 2 is 1.61 bits per heavy atom. The summed E-state index contributed by atoms with van der Waals surface area (Å²) >= 11 is 0. The Morgan fingerprint density at radius 3 is 2.35 bits per heavy atom. The van der Waals surface area contributed by atoms with Gasteiger partial charge in [-0.3, -0.25) is 0 Å². The molecule has 3 aliphatic rings. The van der Waals surface area contributed by atoms with Gasteiger partial charge in [-0.2, -0.15) is 0 Å². The zero-order valence-corrected chi connectivity index (χ0v) is 14.1. The van der Waals surface area contributed by atoms with Gasteiger partial charge in [-0.05, 0) is 55.1 Å². The largest absolute Gasteiger partial charge is 0.208 e. The molecule has 0 unspecified atom stereocenters. The van der Waals surface area contributed by atoms with Crippen molar-refractivity contribution in [2.24, 2.45) is 17.8 Å². The Labute approximate surface area is 139 Å². The number of rotatable bonds is 4. The summed E-state index contributed by atoms with van der Waals surface area (Å²) in [5, 5.41) is 0. The highest BCUT2D eigenvalue weighted by Crippen LogP contribution is 2.41. The second-order valence-corrected chi connectivity index (χ2v) is 7.60. The van der Waals surface area contributed by atoms with Gasteiger partial charge >= 0.3 is 0 Å². The van der Waals surface area contributed by atoms with Crippen LogP contribution in [0.4, 0.5) is 8.78 Å². The topological polar surface area (TPSA) is 0 Å². The average molecular weight is 318 g/mol. The fourth-order valence-corrected chi connectivity index (χ4v) is 4.68. The van der Waals surface area contributed by atoms with Gasteiger partial charge in [-0.25, -0.2) is 8.78 Å². The van der Waals surface area contributed by atoms with Gasteiger partial charge in [0.2, 0.25) is 0 Å². The zero-order valence-electron chi connectivity index (χ0n) is 14.1. The summed E-state index contributed by atoms with van der Waals surface area (Å²) in [6.45, 7) is 0. The Morgan fingerprint density at radius 1 is 0.913 bits per heavy atom. The van der Waals surface area contributed by atoms with Gasteiger partial charge in [0.15, 0.2) is 5.83 Å². The summed E-state index contributed by atoms with van der Waals surface area (Å²) in [4.78, 5) is 0. The van der Waals surface area contributed by atoms with Crippen molar-refractivity contribution in [3.05, 3.63) is 23.3 Å². The summed E-state index contributed by atoms with van der Waals surface area (Å²) in [6, 6.07) is 0. The normalized spacial score (nSPS) is 29.6. The van der Waals surface area contributed by atoms with Crippen LogP contribution in [0.2, 0.25) is 0 Å². The third-order valence-corrected chi connectivity index (χ3v) is 6.14. The van der Waals surface area contributed by atoms with Crippen molar-refractivity contribution in [3.63, 3.8) is 0 Å². The summed E-state index contributed by atoms with van der Waals surface area (Å²) in [6.07, 6.45) is 15.5. The Kier molecular flexibility index (Phi) is 5.92. The minimum atomic E-state index is -0.692. The first-order valence-corrected chi connectivity index (χ1v) is 9.46. The van der Waals surface area contributed by atoms with Crippen LogP contribution in [0.1, 0.15) is 77.0 Å². The Balaban J connectivity index is 1.45. The molecule has 0 radical (unpaired) electrons. The summed E-state index contributed by atoms with van der Waals surface area (Å²) in [7, 11) is 0. The second-order valence-electron chi connectivity index (χ2n) is 7.60. The van der Waals surface area contributed by atoms with Gasteiger partial charge < -0.3 is 0 Å². The molecule has 0 bridgehead atoms. The van der Waals surface area contributed by atoms with E-state index in [1.807, 2.05) is 0 Å². The molecule has 2 saturated carbocycles. The van der Waals surface area contributed by atoms with Crippen molar-refractivity contribution >= 4 is 0 Å². The lowest BCUT2D eigenvalue weighted by Gasteiger charge is -2.36. The Hall–Kier alpha value is -1.10. The van der Waals surface area contributed by atoms with Crippen LogP contribution in [0.25, 0.3) is 0 Å². The van der Waals surface area contributed by atoms with E-state index in [0.29, 0.717) is 17.9 Å². The quantitative estimate of drug-likeness (QED) is 0.510. The highest BCUT2D eigenvalue weighted by molar-refractivity contribution is 5.38. The molecule has 0 heterocycles. The molecular formula is C21H28F2. The van der Waals surface area contributed by atoms with Crippen LogP contribution in [-0.2, 0) is 0 Å². The lowest BCUT2D eigenvalue weighted by Crippen LogP contribution is -2.23. The third-order valence-electron chi connectivity index (χ3n) is 6.14. The molecule has 0 aromatic heterocycles. The first kappa shape index (κ1) is 16.7. The number of halogens is 2. The van der Waals surface area contributed by atoms with Gasteiger partial charge in [-0.15, -0.1) is 0 Å². The first-order valence-electron chi connectivity index (χ1n) is 9.46. The zero-order chi connectivity index (χ0) is 16.1. The van der Waals surface area contributed by atoms with Gasteiger partial charge in [0.05, 0.1) is 6.42 Å². The lowest BCUT2D eigenvalue weighted by molar-refractivity contribution is 0.163. The van der Waals surface area contributed by atoms with Gasteiger partial charge in [0.1, 0.15) is 5.83 Å². The van der Waals surface area contributed by atoms with Gasteiger partial charge in [0.25, 0.3) is 0 Å². The van der Waals surface area contributed by atoms with Crippen LogP contribution in [0.15, 0.2) is 23.3 Å². The van der Waals surface area contributed by atoms with Gasteiger partial charge in [0, 0.05) is 0 Å². The molecule has 0 amide bonds. The minimum Gasteiger partial charge on any atom is -0.208 e. The van der Waals surface area contributed by atoms with E-state index in [0.717, 1.165) is 18.3 Å². The molecule has 2 heteroatoms.